The molecule has 1 aliphatic rings. The van der Waals surface area contributed by atoms with Crippen molar-refractivity contribution >= 4 is 11.8 Å². The quantitative estimate of drug-likeness (QED) is 0.700. The maximum atomic E-state index is 12.7. The number of amides is 2. The van der Waals surface area contributed by atoms with E-state index in [1.807, 2.05) is 18.7 Å². The predicted octanol–water partition coefficient (Wildman–Crippen LogP) is 0.150. The molecule has 0 saturated carbocycles. The number of piperazine rings is 1. The third-order valence-electron chi connectivity index (χ3n) is 5.15. The Hall–Kier alpha value is -2.88. The lowest BCUT2D eigenvalue weighted by Crippen LogP contribution is -2.50. The molecular weight excluding hydrogens is 376 g/mol. The fraction of sp³-hybridized carbons (Fsp3) is 0.579. The lowest BCUT2D eigenvalue weighted by atomic mass is 10.1. The van der Waals surface area contributed by atoms with Crippen molar-refractivity contribution < 1.29 is 18.8 Å². The van der Waals surface area contributed by atoms with Gasteiger partial charge in [0.1, 0.15) is 11.3 Å². The molecule has 1 N–H and O–H groups in total. The lowest BCUT2D eigenvalue weighted by molar-refractivity contribution is -0.120. The number of aryl methyl sites for hydroxylation is 3. The van der Waals surface area contributed by atoms with E-state index < -0.39 is 0 Å². The van der Waals surface area contributed by atoms with Gasteiger partial charge >= 0.3 is 0 Å². The highest BCUT2D eigenvalue weighted by Crippen LogP contribution is 2.18. The third-order valence-corrected chi connectivity index (χ3v) is 5.15. The fourth-order valence-electron chi connectivity index (χ4n) is 3.44. The highest BCUT2D eigenvalue weighted by atomic mass is 16.5. The van der Waals surface area contributed by atoms with Gasteiger partial charge in [-0.1, -0.05) is 5.16 Å². The molecule has 0 unspecified atom stereocenters. The Morgan fingerprint density at radius 1 is 1.24 bits per heavy atom. The number of methoxy groups -OCH3 is 1. The average molecular weight is 404 g/mol. The van der Waals surface area contributed by atoms with Crippen molar-refractivity contribution in [3.63, 3.8) is 0 Å². The molecule has 2 aromatic heterocycles. The Labute approximate surface area is 169 Å². The molecule has 10 heteroatoms. The van der Waals surface area contributed by atoms with E-state index in [1.165, 1.54) is 7.11 Å². The highest BCUT2D eigenvalue weighted by molar-refractivity contribution is 5.96. The van der Waals surface area contributed by atoms with E-state index in [4.69, 9.17) is 9.26 Å². The summed E-state index contributed by atoms with van der Waals surface area (Å²) >= 11 is 0. The molecule has 29 heavy (non-hydrogen) atoms. The zero-order valence-electron chi connectivity index (χ0n) is 17.4. The summed E-state index contributed by atoms with van der Waals surface area (Å²) in [4.78, 5) is 28.9. The minimum Gasteiger partial charge on any atom is -0.479 e. The van der Waals surface area contributed by atoms with Crippen molar-refractivity contribution in [1.29, 1.82) is 0 Å². The number of rotatable bonds is 7. The van der Waals surface area contributed by atoms with Gasteiger partial charge in [0, 0.05) is 58.1 Å². The zero-order chi connectivity index (χ0) is 21.0. The van der Waals surface area contributed by atoms with Gasteiger partial charge in [0.2, 0.25) is 11.8 Å². The van der Waals surface area contributed by atoms with E-state index in [2.05, 4.69) is 20.5 Å². The number of carbonyl (C=O) groups excluding carboxylic acids is 2. The Morgan fingerprint density at radius 2 is 1.97 bits per heavy atom. The SMILES string of the molecule is COc1nn(C)cc1C(=O)N1CCN(CCNC(=O)Cc2c(C)noc2C)CC1. The fourth-order valence-corrected chi connectivity index (χ4v) is 3.44. The second kappa shape index (κ2) is 9.08. The maximum absolute atomic E-state index is 12.7. The first-order chi connectivity index (χ1) is 13.9. The molecule has 10 nitrogen and oxygen atoms in total. The van der Waals surface area contributed by atoms with Crippen molar-refractivity contribution in [3.8, 4) is 5.88 Å². The van der Waals surface area contributed by atoms with Gasteiger partial charge in [-0.15, -0.1) is 5.10 Å². The van der Waals surface area contributed by atoms with E-state index in [0.717, 1.165) is 30.9 Å². The van der Waals surface area contributed by atoms with Crippen LogP contribution in [0.4, 0.5) is 0 Å². The molecule has 3 heterocycles. The summed E-state index contributed by atoms with van der Waals surface area (Å²) in [6, 6.07) is 0. The minimum atomic E-state index is -0.0673. The Balaban J connectivity index is 1.41. The van der Waals surface area contributed by atoms with Crippen LogP contribution >= 0.6 is 0 Å². The number of carbonyl (C=O) groups is 2. The first kappa shape index (κ1) is 20.8. The largest absolute Gasteiger partial charge is 0.479 e. The number of hydrogen-bond acceptors (Lipinski definition) is 7. The lowest BCUT2D eigenvalue weighted by Gasteiger charge is -2.34. The average Bonchev–Trinajstić information content (AvgIpc) is 3.24. The third kappa shape index (κ3) is 4.94. The molecule has 0 aromatic carbocycles. The Morgan fingerprint density at radius 3 is 2.59 bits per heavy atom. The molecule has 0 atom stereocenters. The van der Waals surface area contributed by atoms with Crippen LogP contribution in [0, 0.1) is 13.8 Å². The standard InChI is InChI=1S/C19H28N6O4/c1-13-15(14(2)29-22-13)11-17(26)20-5-6-24-7-9-25(10-8-24)19(27)16-12-23(3)21-18(16)28-4/h12H,5-11H2,1-4H3,(H,20,26). The van der Waals surface area contributed by atoms with Crippen molar-refractivity contribution in [2.45, 2.75) is 20.3 Å². The molecule has 0 radical (unpaired) electrons. The summed E-state index contributed by atoms with van der Waals surface area (Å²) < 4.78 is 11.9. The summed E-state index contributed by atoms with van der Waals surface area (Å²) in [5.74, 6) is 0.920. The number of nitrogens with one attached hydrogen (secondary N) is 1. The van der Waals surface area contributed by atoms with E-state index >= 15 is 0 Å². The van der Waals surface area contributed by atoms with Crippen LogP contribution in [-0.4, -0.2) is 82.9 Å². The molecule has 158 valence electrons. The molecule has 2 aromatic rings. The van der Waals surface area contributed by atoms with Crippen LogP contribution in [0.1, 0.15) is 27.4 Å². The van der Waals surface area contributed by atoms with Crippen LogP contribution in [0.25, 0.3) is 0 Å². The number of hydrogen-bond donors (Lipinski definition) is 1. The topological polar surface area (TPSA) is 106 Å². The molecule has 0 bridgehead atoms. The van der Waals surface area contributed by atoms with Crippen LogP contribution in [0.15, 0.2) is 10.7 Å². The Kier molecular flexibility index (Phi) is 6.53. The van der Waals surface area contributed by atoms with Crippen LogP contribution in [0.3, 0.4) is 0 Å². The van der Waals surface area contributed by atoms with Crippen LogP contribution < -0.4 is 10.1 Å². The van der Waals surface area contributed by atoms with Gasteiger partial charge in [0.15, 0.2) is 0 Å². The maximum Gasteiger partial charge on any atom is 0.261 e. The van der Waals surface area contributed by atoms with Crippen molar-refractivity contribution in [3.05, 3.63) is 28.8 Å². The second-order valence-electron chi connectivity index (χ2n) is 7.19. The van der Waals surface area contributed by atoms with E-state index in [0.29, 0.717) is 36.8 Å². The summed E-state index contributed by atoms with van der Waals surface area (Å²) in [6.45, 7) is 7.72. The van der Waals surface area contributed by atoms with Gasteiger partial charge < -0.3 is 19.5 Å². The molecular formula is C19H28N6O4. The van der Waals surface area contributed by atoms with Gasteiger partial charge in [0.25, 0.3) is 5.91 Å². The molecule has 0 aliphatic carbocycles. The van der Waals surface area contributed by atoms with Crippen molar-refractivity contribution in [1.82, 2.24) is 30.1 Å². The smallest absolute Gasteiger partial charge is 0.261 e. The van der Waals surface area contributed by atoms with Crippen LogP contribution in [0.2, 0.25) is 0 Å². The first-order valence-electron chi connectivity index (χ1n) is 9.66. The van der Waals surface area contributed by atoms with Gasteiger partial charge in [-0.2, -0.15) is 0 Å². The van der Waals surface area contributed by atoms with E-state index in [-0.39, 0.29) is 18.2 Å². The highest BCUT2D eigenvalue weighted by Gasteiger charge is 2.26. The zero-order valence-corrected chi connectivity index (χ0v) is 17.4. The normalized spacial score (nSPS) is 14.8. The number of nitrogens with zero attached hydrogens (tertiary/aromatic N) is 5. The van der Waals surface area contributed by atoms with Crippen molar-refractivity contribution in [2.24, 2.45) is 7.05 Å². The van der Waals surface area contributed by atoms with Crippen LogP contribution in [0.5, 0.6) is 5.88 Å². The van der Waals surface area contributed by atoms with Crippen LogP contribution in [-0.2, 0) is 18.3 Å². The van der Waals surface area contributed by atoms with E-state index in [1.54, 1.807) is 17.9 Å². The molecule has 1 saturated heterocycles. The summed E-state index contributed by atoms with van der Waals surface area (Å²) in [5, 5.41) is 11.0. The Bertz CT molecular complexity index is 847. The second-order valence-corrected chi connectivity index (χ2v) is 7.19. The first-order valence-corrected chi connectivity index (χ1v) is 9.66. The molecule has 2 amide bonds. The number of aromatic nitrogens is 3. The minimum absolute atomic E-state index is 0.0445. The summed E-state index contributed by atoms with van der Waals surface area (Å²) in [6.07, 6.45) is 1.96. The molecule has 0 spiro atoms. The van der Waals surface area contributed by atoms with Gasteiger partial charge in [-0.25, -0.2) is 0 Å². The number of ether oxygens (including phenoxy) is 1. The summed E-state index contributed by atoms with van der Waals surface area (Å²) in [5.41, 5.74) is 2.08. The van der Waals surface area contributed by atoms with Gasteiger partial charge in [-0.3, -0.25) is 19.2 Å². The van der Waals surface area contributed by atoms with E-state index in [9.17, 15) is 9.59 Å². The molecule has 3 rings (SSSR count). The molecule has 1 aliphatic heterocycles. The van der Waals surface area contributed by atoms with Gasteiger partial charge in [-0.05, 0) is 13.8 Å². The molecule has 1 fully saturated rings. The monoisotopic (exact) mass is 404 g/mol. The summed E-state index contributed by atoms with van der Waals surface area (Å²) in [7, 11) is 3.27. The van der Waals surface area contributed by atoms with Gasteiger partial charge in [0.05, 0.1) is 19.2 Å². The van der Waals surface area contributed by atoms with Crippen molar-refractivity contribution in [2.75, 3.05) is 46.4 Å². The predicted molar refractivity (Wildman–Crippen MR) is 105 cm³/mol.